The number of rotatable bonds is 4. The van der Waals surface area contributed by atoms with Crippen molar-refractivity contribution in [2.24, 2.45) is 7.05 Å². The van der Waals surface area contributed by atoms with Gasteiger partial charge in [0.2, 0.25) is 0 Å². The number of carbonyl (C=O) groups is 1. The van der Waals surface area contributed by atoms with Gasteiger partial charge in [0.1, 0.15) is 5.69 Å². The highest BCUT2D eigenvalue weighted by atomic mass is 35.5. The molecule has 0 saturated carbocycles. The number of aryl methyl sites for hydroxylation is 1. The number of halogens is 2. The Balaban J connectivity index is 1.87. The molecule has 0 aliphatic carbocycles. The molecular formula is C18H16ClFN4O2. The normalized spacial score (nSPS) is 10.5. The molecule has 2 N–H and O–H groups in total. The molecule has 2 aromatic carbocycles. The van der Waals surface area contributed by atoms with Crippen molar-refractivity contribution in [2.45, 2.75) is 0 Å². The average molecular weight is 375 g/mol. The smallest absolute Gasteiger partial charge is 0.323 e. The van der Waals surface area contributed by atoms with Crippen LogP contribution in [0.2, 0.25) is 5.02 Å². The standard InChI is InChI=1S/C18H16ClFN4O2/c1-24-16(14(20)10-21-24)13-4-3-5-15(17(13)26-2)23-18(25)22-12-8-6-11(19)7-9-12/h3-10H,1-2H3,(H2,22,23,25). The number of ether oxygens (including phenoxy) is 1. The first-order valence-electron chi connectivity index (χ1n) is 7.68. The highest BCUT2D eigenvalue weighted by Gasteiger charge is 2.19. The lowest BCUT2D eigenvalue weighted by atomic mass is 10.1. The van der Waals surface area contributed by atoms with Crippen LogP contribution in [0.25, 0.3) is 11.3 Å². The lowest BCUT2D eigenvalue weighted by molar-refractivity contribution is 0.262. The molecule has 26 heavy (non-hydrogen) atoms. The van der Waals surface area contributed by atoms with Crippen molar-refractivity contribution >= 4 is 29.0 Å². The van der Waals surface area contributed by atoms with E-state index in [1.54, 1.807) is 49.5 Å². The second kappa shape index (κ2) is 7.45. The van der Waals surface area contributed by atoms with Gasteiger partial charge in [-0.15, -0.1) is 0 Å². The lowest BCUT2D eigenvalue weighted by Crippen LogP contribution is -2.20. The molecule has 6 nitrogen and oxygen atoms in total. The van der Waals surface area contributed by atoms with Crippen LogP contribution in [-0.4, -0.2) is 22.9 Å². The maximum absolute atomic E-state index is 14.1. The van der Waals surface area contributed by atoms with E-state index >= 15 is 0 Å². The molecule has 0 unspecified atom stereocenters. The van der Waals surface area contributed by atoms with E-state index in [1.165, 1.54) is 11.8 Å². The third kappa shape index (κ3) is 3.62. The summed E-state index contributed by atoms with van der Waals surface area (Å²) in [6.45, 7) is 0. The van der Waals surface area contributed by atoms with Crippen LogP contribution >= 0.6 is 11.6 Å². The SMILES string of the molecule is COc1c(NC(=O)Nc2ccc(Cl)cc2)cccc1-c1c(F)cnn1C. The topological polar surface area (TPSA) is 68.2 Å². The Morgan fingerprint density at radius 2 is 1.92 bits per heavy atom. The summed E-state index contributed by atoms with van der Waals surface area (Å²) in [5.41, 5.74) is 1.73. The van der Waals surface area contributed by atoms with Crippen LogP contribution in [0.1, 0.15) is 0 Å². The zero-order chi connectivity index (χ0) is 18.7. The highest BCUT2D eigenvalue weighted by Crippen LogP contribution is 2.37. The van der Waals surface area contributed by atoms with Gasteiger partial charge in [-0.3, -0.25) is 4.68 Å². The van der Waals surface area contributed by atoms with Gasteiger partial charge in [-0.25, -0.2) is 9.18 Å². The molecular weight excluding hydrogens is 359 g/mol. The van der Waals surface area contributed by atoms with Crippen LogP contribution in [0.4, 0.5) is 20.6 Å². The van der Waals surface area contributed by atoms with Gasteiger partial charge in [0, 0.05) is 23.3 Å². The second-order valence-corrected chi connectivity index (χ2v) is 5.87. The average Bonchev–Trinajstić information content (AvgIpc) is 2.95. The Bertz CT molecular complexity index is 921. The number of benzene rings is 2. The van der Waals surface area contributed by atoms with Crippen molar-refractivity contribution in [2.75, 3.05) is 17.7 Å². The van der Waals surface area contributed by atoms with Crippen molar-refractivity contribution in [3.8, 4) is 17.0 Å². The molecule has 0 radical (unpaired) electrons. The molecule has 3 aromatic rings. The molecule has 0 aliphatic heterocycles. The Kier molecular flexibility index (Phi) is 5.09. The van der Waals surface area contributed by atoms with Crippen molar-refractivity contribution in [3.63, 3.8) is 0 Å². The maximum Gasteiger partial charge on any atom is 0.323 e. The molecule has 0 fully saturated rings. The van der Waals surface area contributed by atoms with Crippen molar-refractivity contribution in [1.29, 1.82) is 0 Å². The minimum atomic E-state index is -0.478. The van der Waals surface area contributed by atoms with Gasteiger partial charge in [-0.1, -0.05) is 17.7 Å². The minimum absolute atomic E-state index is 0.267. The first-order valence-corrected chi connectivity index (χ1v) is 8.06. The number of urea groups is 1. The van der Waals surface area contributed by atoms with Crippen LogP contribution in [0, 0.1) is 5.82 Å². The van der Waals surface area contributed by atoms with Crippen molar-refractivity contribution < 1.29 is 13.9 Å². The summed E-state index contributed by atoms with van der Waals surface area (Å²) in [5.74, 6) is -0.144. The number of amides is 2. The number of hydrogen-bond acceptors (Lipinski definition) is 3. The summed E-state index contributed by atoms with van der Waals surface area (Å²) in [5, 5.41) is 9.87. The van der Waals surface area contributed by atoms with Crippen LogP contribution in [0.5, 0.6) is 5.75 Å². The summed E-state index contributed by atoms with van der Waals surface area (Å²) < 4.78 is 20.9. The van der Waals surface area contributed by atoms with E-state index in [-0.39, 0.29) is 5.69 Å². The fourth-order valence-electron chi connectivity index (χ4n) is 2.57. The van der Waals surface area contributed by atoms with Gasteiger partial charge >= 0.3 is 6.03 Å². The van der Waals surface area contributed by atoms with Gasteiger partial charge in [0.05, 0.1) is 19.0 Å². The molecule has 1 heterocycles. The molecule has 3 rings (SSSR count). The van der Waals surface area contributed by atoms with Gasteiger partial charge in [-0.2, -0.15) is 5.10 Å². The highest BCUT2D eigenvalue weighted by molar-refractivity contribution is 6.30. The summed E-state index contributed by atoms with van der Waals surface area (Å²) in [7, 11) is 3.08. The molecule has 0 aliphatic rings. The minimum Gasteiger partial charge on any atom is -0.494 e. The molecule has 2 amide bonds. The van der Waals surface area contributed by atoms with E-state index in [9.17, 15) is 9.18 Å². The maximum atomic E-state index is 14.1. The number of nitrogens with zero attached hydrogens (tertiary/aromatic N) is 2. The molecule has 0 atom stereocenters. The van der Waals surface area contributed by atoms with Gasteiger partial charge < -0.3 is 15.4 Å². The van der Waals surface area contributed by atoms with E-state index in [1.807, 2.05) is 0 Å². The number of nitrogens with one attached hydrogen (secondary N) is 2. The number of carbonyl (C=O) groups excluding carboxylic acids is 1. The van der Waals surface area contributed by atoms with Gasteiger partial charge in [-0.05, 0) is 36.4 Å². The molecule has 134 valence electrons. The Morgan fingerprint density at radius 1 is 1.19 bits per heavy atom. The first-order chi connectivity index (χ1) is 12.5. The predicted molar refractivity (Wildman–Crippen MR) is 99.2 cm³/mol. The molecule has 8 heteroatoms. The lowest BCUT2D eigenvalue weighted by Gasteiger charge is -2.15. The van der Waals surface area contributed by atoms with E-state index in [4.69, 9.17) is 16.3 Å². The Morgan fingerprint density at radius 3 is 2.54 bits per heavy atom. The van der Waals surface area contributed by atoms with Gasteiger partial charge in [0.25, 0.3) is 0 Å². The van der Waals surface area contributed by atoms with E-state index in [0.717, 1.165) is 6.20 Å². The third-order valence-electron chi connectivity index (χ3n) is 3.72. The van der Waals surface area contributed by atoms with Gasteiger partial charge in [0.15, 0.2) is 11.6 Å². The largest absolute Gasteiger partial charge is 0.494 e. The number of para-hydroxylation sites is 1. The van der Waals surface area contributed by atoms with Crippen LogP contribution in [-0.2, 0) is 7.05 Å². The fourth-order valence-corrected chi connectivity index (χ4v) is 2.70. The van der Waals surface area contributed by atoms with E-state index < -0.39 is 11.8 Å². The fraction of sp³-hybridized carbons (Fsp3) is 0.111. The Hall–Kier alpha value is -3.06. The molecule has 1 aromatic heterocycles. The summed E-state index contributed by atoms with van der Waals surface area (Å²) in [6.07, 6.45) is 1.13. The van der Waals surface area contributed by atoms with Crippen LogP contribution in [0.3, 0.4) is 0 Å². The summed E-state index contributed by atoms with van der Waals surface area (Å²) >= 11 is 5.83. The van der Waals surface area contributed by atoms with E-state index in [2.05, 4.69) is 15.7 Å². The van der Waals surface area contributed by atoms with Crippen LogP contribution < -0.4 is 15.4 Å². The van der Waals surface area contributed by atoms with Crippen molar-refractivity contribution in [1.82, 2.24) is 9.78 Å². The second-order valence-electron chi connectivity index (χ2n) is 5.44. The molecule has 0 spiro atoms. The number of aromatic nitrogens is 2. The zero-order valence-corrected chi connectivity index (χ0v) is 14.8. The number of methoxy groups -OCH3 is 1. The summed E-state index contributed by atoms with van der Waals surface area (Å²) in [4.78, 5) is 12.3. The monoisotopic (exact) mass is 374 g/mol. The zero-order valence-electron chi connectivity index (χ0n) is 14.1. The first kappa shape index (κ1) is 17.8. The third-order valence-corrected chi connectivity index (χ3v) is 3.97. The quantitative estimate of drug-likeness (QED) is 0.704. The molecule has 0 saturated heterocycles. The molecule has 0 bridgehead atoms. The Labute approximate surface area is 154 Å². The number of hydrogen-bond donors (Lipinski definition) is 2. The van der Waals surface area contributed by atoms with E-state index in [0.29, 0.717) is 27.7 Å². The predicted octanol–water partition coefficient (Wildman–Crippen LogP) is 4.53. The van der Waals surface area contributed by atoms with Crippen LogP contribution in [0.15, 0.2) is 48.7 Å². The summed E-state index contributed by atoms with van der Waals surface area (Å²) in [6, 6.07) is 11.3. The van der Waals surface area contributed by atoms with Crippen molar-refractivity contribution in [3.05, 3.63) is 59.5 Å². The number of anilines is 2.